The van der Waals surface area contributed by atoms with E-state index in [2.05, 4.69) is 5.32 Å². The third kappa shape index (κ3) is 5.04. The molecule has 0 aliphatic heterocycles. The van der Waals surface area contributed by atoms with E-state index in [0.29, 0.717) is 19.3 Å². The first-order valence-corrected chi connectivity index (χ1v) is 7.45. The highest BCUT2D eigenvalue weighted by atomic mass is 19.2. The van der Waals surface area contributed by atoms with E-state index in [1.165, 1.54) is 0 Å². The average Bonchev–Trinajstić information content (AvgIpc) is 2.80. The van der Waals surface area contributed by atoms with Crippen LogP contribution in [0, 0.1) is 17.5 Å². The molecule has 0 saturated heterocycles. The highest BCUT2D eigenvalue weighted by molar-refractivity contribution is 5.68. The second-order valence-electron chi connectivity index (χ2n) is 6.60. The molecule has 1 aromatic rings. The Hall–Kier alpha value is -1.92. The van der Waals surface area contributed by atoms with Crippen molar-refractivity contribution in [3.8, 4) is 5.75 Å². The van der Waals surface area contributed by atoms with Gasteiger partial charge < -0.3 is 14.8 Å². The zero-order chi connectivity index (χ0) is 17.2. The fourth-order valence-corrected chi connectivity index (χ4v) is 2.45. The minimum atomic E-state index is -1.52. The molecule has 1 N–H and O–H groups in total. The van der Waals surface area contributed by atoms with Gasteiger partial charge in [0.1, 0.15) is 17.5 Å². The lowest BCUT2D eigenvalue weighted by atomic mass is 10.2. The molecular weight excluding hydrogens is 311 g/mol. The lowest BCUT2D eigenvalue weighted by Crippen LogP contribution is -2.38. The van der Waals surface area contributed by atoms with E-state index in [9.17, 15) is 18.0 Å². The Morgan fingerprint density at radius 3 is 2.35 bits per heavy atom. The largest absolute Gasteiger partial charge is 0.490 e. The first-order valence-electron chi connectivity index (χ1n) is 7.45. The molecule has 0 unspecified atom stereocenters. The van der Waals surface area contributed by atoms with Crippen LogP contribution in [0.5, 0.6) is 5.75 Å². The second kappa shape index (κ2) is 6.68. The van der Waals surface area contributed by atoms with Gasteiger partial charge in [0.25, 0.3) is 0 Å². The monoisotopic (exact) mass is 331 g/mol. The number of amides is 1. The third-order valence-corrected chi connectivity index (χ3v) is 3.37. The molecule has 1 saturated carbocycles. The van der Waals surface area contributed by atoms with Crippen molar-refractivity contribution in [1.82, 2.24) is 5.32 Å². The number of hydrogen-bond acceptors (Lipinski definition) is 3. The minimum Gasteiger partial charge on any atom is -0.490 e. The Morgan fingerprint density at radius 2 is 1.78 bits per heavy atom. The minimum absolute atomic E-state index is 0.0654. The van der Waals surface area contributed by atoms with Crippen molar-refractivity contribution < 1.29 is 27.4 Å². The first kappa shape index (κ1) is 17.4. The Morgan fingerprint density at radius 1 is 1.17 bits per heavy atom. The normalized spacial score (nSPS) is 21.1. The molecule has 4 nitrogen and oxygen atoms in total. The number of nitrogens with one attached hydrogen (secondary N) is 1. The summed E-state index contributed by atoms with van der Waals surface area (Å²) >= 11 is 0. The summed E-state index contributed by atoms with van der Waals surface area (Å²) < 4.78 is 49.8. The molecule has 0 heterocycles. The number of ether oxygens (including phenoxy) is 2. The van der Waals surface area contributed by atoms with Gasteiger partial charge in [0.2, 0.25) is 0 Å². The zero-order valence-electron chi connectivity index (χ0n) is 13.3. The van der Waals surface area contributed by atoms with E-state index < -0.39 is 29.1 Å². The van der Waals surface area contributed by atoms with Crippen molar-refractivity contribution in [2.45, 2.75) is 57.8 Å². The van der Waals surface area contributed by atoms with Crippen molar-refractivity contribution in [3.05, 3.63) is 29.6 Å². The maximum Gasteiger partial charge on any atom is 0.407 e. The molecule has 7 heteroatoms. The lowest BCUT2D eigenvalue weighted by Gasteiger charge is -2.21. The maximum atomic E-state index is 13.2. The Labute approximate surface area is 133 Å². The van der Waals surface area contributed by atoms with Gasteiger partial charge in [-0.1, -0.05) is 0 Å². The fourth-order valence-electron chi connectivity index (χ4n) is 2.45. The van der Waals surface area contributed by atoms with Gasteiger partial charge in [0.05, 0.1) is 0 Å². The molecule has 1 aliphatic carbocycles. The van der Waals surface area contributed by atoms with Gasteiger partial charge >= 0.3 is 6.09 Å². The van der Waals surface area contributed by atoms with Crippen LogP contribution in [0.4, 0.5) is 18.0 Å². The number of hydrogen-bond donors (Lipinski definition) is 1. The van der Waals surface area contributed by atoms with Crippen LogP contribution < -0.4 is 10.1 Å². The number of carbonyl (C=O) groups is 1. The van der Waals surface area contributed by atoms with Gasteiger partial charge in [-0.25, -0.2) is 18.0 Å². The standard InChI is InChI=1S/C16H20F3NO3/c1-16(2,3)23-15(21)20-9-4-5-10(6-9)22-11-7-12(17)14(19)13(18)8-11/h7-10H,4-6H2,1-3H3,(H,20,21)/t9-,10-/m1/s1. The second-order valence-corrected chi connectivity index (χ2v) is 6.60. The molecule has 23 heavy (non-hydrogen) atoms. The van der Waals surface area contributed by atoms with Gasteiger partial charge in [-0.05, 0) is 33.6 Å². The fraction of sp³-hybridized carbons (Fsp3) is 0.562. The van der Waals surface area contributed by atoms with Gasteiger partial charge in [0.15, 0.2) is 17.5 Å². The molecule has 2 rings (SSSR count). The van der Waals surface area contributed by atoms with Crippen molar-refractivity contribution in [1.29, 1.82) is 0 Å². The molecule has 0 spiro atoms. The molecule has 1 amide bonds. The quantitative estimate of drug-likeness (QED) is 0.854. The van der Waals surface area contributed by atoms with E-state index in [1.54, 1.807) is 20.8 Å². The van der Waals surface area contributed by atoms with Crippen LogP contribution in [0.15, 0.2) is 12.1 Å². The predicted molar refractivity (Wildman–Crippen MR) is 77.7 cm³/mol. The Bertz CT molecular complexity index is 563. The number of benzene rings is 1. The number of carbonyl (C=O) groups excluding carboxylic acids is 1. The molecule has 0 radical (unpaired) electrons. The third-order valence-electron chi connectivity index (χ3n) is 3.37. The summed E-state index contributed by atoms with van der Waals surface area (Å²) in [7, 11) is 0. The molecule has 128 valence electrons. The van der Waals surface area contributed by atoms with Crippen molar-refractivity contribution in [2.75, 3.05) is 0 Å². The molecule has 1 fully saturated rings. The Kier molecular flexibility index (Phi) is 5.06. The van der Waals surface area contributed by atoms with E-state index in [-0.39, 0.29) is 17.9 Å². The van der Waals surface area contributed by atoms with Crippen molar-refractivity contribution in [2.24, 2.45) is 0 Å². The SMILES string of the molecule is CC(C)(C)OC(=O)N[C@@H]1CC[C@@H](Oc2cc(F)c(F)c(F)c2)C1. The highest BCUT2D eigenvalue weighted by Gasteiger charge is 2.29. The van der Waals surface area contributed by atoms with Crippen molar-refractivity contribution in [3.63, 3.8) is 0 Å². The Balaban J connectivity index is 1.87. The first-order chi connectivity index (χ1) is 10.6. The molecular formula is C16H20F3NO3. The summed E-state index contributed by atoms with van der Waals surface area (Å²) in [6, 6.07) is 1.49. The van der Waals surface area contributed by atoms with Crippen LogP contribution >= 0.6 is 0 Å². The zero-order valence-corrected chi connectivity index (χ0v) is 13.3. The van der Waals surface area contributed by atoms with Gasteiger partial charge in [-0.3, -0.25) is 0 Å². The highest BCUT2D eigenvalue weighted by Crippen LogP contribution is 2.27. The number of alkyl carbamates (subject to hydrolysis) is 1. The van der Waals surface area contributed by atoms with E-state index in [0.717, 1.165) is 12.1 Å². The molecule has 1 aliphatic rings. The summed E-state index contributed by atoms with van der Waals surface area (Å²) in [4.78, 5) is 11.7. The van der Waals surface area contributed by atoms with Crippen LogP contribution in [0.2, 0.25) is 0 Å². The van der Waals surface area contributed by atoms with Crippen LogP contribution in [-0.4, -0.2) is 23.8 Å². The smallest absolute Gasteiger partial charge is 0.407 e. The summed E-state index contributed by atoms with van der Waals surface area (Å²) in [5.74, 6) is -4.17. The molecule has 2 atom stereocenters. The number of halogens is 3. The van der Waals surface area contributed by atoms with Gasteiger partial charge in [0, 0.05) is 24.6 Å². The summed E-state index contributed by atoms with van der Waals surface area (Å²) in [5, 5.41) is 2.73. The average molecular weight is 331 g/mol. The molecule has 0 aromatic heterocycles. The number of rotatable bonds is 3. The van der Waals surface area contributed by atoms with E-state index in [4.69, 9.17) is 9.47 Å². The van der Waals surface area contributed by atoms with Crippen LogP contribution in [0.1, 0.15) is 40.0 Å². The van der Waals surface area contributed by atoms with Crippen molar-refractivity contribution >= 4 is 6.09 Å². The van der Waals surface area contributed by atoms with Gasteiger partial charge in [-0.2, -0.15) is 0 Å². The predicted octanol–water partition coefficient (Wildman–Crippen LogP) is 3.93. The molecule has 1 aromatic carbocycles. The van der Waals surface area contributed by atoms with E-state index >= 15 is 0 Å². The summed E-state index contributed by atoms with van der Waals surface area (Å²) in [5.41, 5.74) is -0.582. The topological polar surface area (TPSA) is 47.6 Å². The van der Waals surface area contributed by atoms with Crippen LogP contribution in [0.25, 0.3) is 0 Å². The molecule has 0 bridgehead atoms. The van der Waals surface area contributed by atoms with Crippen LogP contribution in [0.3, 0.4) is 0 Å². The maximum absolute atomic E-state index is 13.2. The summed E-state index contributed by atoms with van der Waals surface area (Å²) in [6.07, 6.45) is 0.943. The lowest BCUT2D eigenvalue weighted by molar-refractivity contribution is 0.0503. The van der Waals surface area contributed by atoms with E-state index in [1.807, 2.05) is 0 Å². The van der Waals surface area contributed by atoms with Crippen LogP contribution in [-0.2, 0) is 4.74 Å². The van der Waals surface area contributed by atoms with Gasteiger partial charge in [-0.15, -0.1) is 0 Å². The summed E-state index contributed by atoms with van der Waals surface area (Å²) in [6.45, 7) is 5.31.